The van der Waals surface area contributed by atoms with E-state index in [1.54, 1.807) is 0 Å². The molecule has 76 valence electrons. The number of esters is 1. The summed E-state index contributed by atoms with van der Waals surface area (Å²) in [6.45, 7) is 4.52. The van der Waals surface area contributed by atoms with Crippen molar-refractivity contribution in [1.29, 1.82) is 0 Å². The van der Waals surface area contributed by atoms with E-state index in [0.717, 1.165) is 6.54 Å². The first-order valence-electron chi connectivity index (χ1n) is 4.45. The van der Waals surface area contributed by atoms with Crippen LogP contribution >= 0.6 is 0 Å². The Kier molecular flexibility index (Phi) is 2.63. The topological polar surface area (TPSA) is 58.6 Å². The van der Waals surface area contributed by atoms with Gasteiger partial charge in [-0.1, -0.05) is 0 Å². The molecule has 1 unspecified atom stereocenters. The van der Waals surface area contributed by atoms with Crippen LogP contribution in [0.5, 0.6) is 0 Å². The Morgan fingerprint density at radius 1 is 1.62 bits per heavy atom. The number of carbonyl (C=O) groups is 1. The van der Waals surface area contributed by atoms with Crippen LogP contribution in [0.25, 0.3) is 0 Å². The van der Waals surface area contributed by atoms with Crippen LogP contribution in [-0.2, 0) is 9.53 Å². The average molecular weight is 187 g/mol. The number of hydrogen-bond acceptors (Lipinski definition) is 4. The molecule has 1 fully saturated rings. The molecule has 2 N–H and O–H groups in total. The maximum absolute atomic E-state index is 11.1. The summed E-state index contributed by atoms with van der Waals surface area (Å²) in [5, 5.41) is 13.3. The summed E-state index contributed by atoms with van der Waals surface area (Å²) in [4.78, 5) is 11.1. The molecule has 13 heavy (non-hydrogen) atoms. The quantitative estimate of drug-likeness (QED) is 0.600. The lowest BCUT2D eigenvalue weighted by atomic mass is 9.81. The molecule has 1 saturated heterocycles. The molecular weight excluding hydrogens is 170 g/mol. The van der Waals surface area contributed by atoms with E-state index in [4.69, 9.17) is 0 Å². The predicted octanol–water partition coefficient (Wildman–Crippen LogP) is 0.0525. The number of hydrogen-bond donors (Lipinski definition) is 2. The number of rotatable bonds is 2. The van der Waals surface area contributed by atoms with Crippen molar-refractivity contribution in [2.45, 2.75) is 37.8 Å². The van der Waals surface area contributed by atoms with Gasteiger partial charge in [0.1, 0.15) is 0 Å². The van der Waals surface area contributed by atoms with Gasteiger partial charge in [-0.3, -0.25) is 4.79 Å². The molecule has 0 radical (unpaired) electrons. The summed E-state index contributed by atoms with van der Waals surface area (Å²) in [6, 6.07) is 0. The smallest absolute Gasteiger partial charge is 0.308 e. The van der Waals surface area contributed by atoms with Crippen molar-refractivity contribution in [1.82, 2.24) is 5.32 Å². The molecule has 1 atom stereocenters. The first-order chi connectivity index (χ1) is 5.91. The highest BCUT2D eigenvalue weighted by Crippen LogP contribution is 2.33. The highest BCUT2D eigenvalue weighted by Gasteiger charge is 2.48. The first kappa shape index (κ1) is 10.5. The second kappa shape index (κ2) is 3.27. The lowest BCUT2D eigenvalue weighted by molar-refractivity contribution is -0.148. The Bertz CT molecular complexity index is 215. The minimum atomic E-state index is -0.972. The molecular formula is C9H17NO3. The van der Waals surface area contributed by atoms with Crippen LogP contribution in [0.3, 0.4) is 0 Å². The fraction of sp³-hybridized carbons (Fsp3) is 0.889. The van der Waals surface area contributed by atoms with E-state index < -0.39 is 11.1 Å². The molecule has 4 heteroatoms. The number of nitrogens with one attached hydrogen (secondary N) is 1. The number of aliphatic hydroxyl groups is 1. The highest BCUT2D eigenvalue weighted by atomic mass is 16.5. The van der Waals surface area contributed by atoms with Gasteiger partial charge >= 0.3 is 5.97 Å². The molecule has 0 aliphatic carbocycles. The lowest BCUT2D eigenvalue weighted by Crippen LogP contribution is -2.52. The maximum Gasteiger partial charge on any atom is 0.308 e. The van der Waals surface area contributed by atoms with Crippen molar-refractivity contribution >= 4 is 5.97 Å². The first-order valence-corrected chi connectivity index (χ1v) is 4.45. The van der Waals surface area contributed by atoms with Crippen LogP contribution in [0.15, 0.2) is 0 Å². The van der Waals surface area contributed by atoms with Crippen molar-refractivity contribution in [3.63, 3.8) is 0 Å². The molecule has 4 nitrogen and oxygen atoms in total. The summed E-state index contributed by atoms with van der Waals surface area (Å²) in [6.07, 6.45) is 0.651. The number of carbonyl (C=O) groups excluding carboxylic acids is 1. The third-order valence-corrected chi connectivity index (χ3v) is 2.93. The predicted molar refractivity (Wildman–Crippen MR) is 48.3 cm³/mol. The molecule has 0 saturated carbocycles. The van der Waals surface area contributed by atoms with Gasteiger partial charge in [-0.15, -0.1) is 0 Å². The molecule has 1 aliphatic heterocycles. The summed E-state index contributed by atoms with van der Waals surface area (Å²) < 4.78 is 4.54. The van der Waals surface area contributed by atoms with E-state index >= 15 is 0 Å². The molecule has 0 amide bonds. The van der Waals surface area contributed by atoms with Crippen LogP contribution in [0, 0.1) is 0 Å². The fourth-order valence-corrected chi connectivity index (χ4v) is 1.68. The van der Waals surface area contributed by atoms with Gasteiger partial charge < -0.3 is 15.2 Å². The SMILES string of the molecule is COC(=O)CC1(O)CCNC1(C)C. The molecule has 1 rings (SSSR count). The van der Waals surface area contributed by atoms with E-state index in [0.29, 0.717) is 6.42 Å². The minimum Gasteiger partial charge on any atom is -0.469 e. The zero-order valence-corrected chi connectivity index (χ0v) is 8.39. The summed E-state index contributed by atoms with van der Waals surface area (Å²) in [5.74, 6) is -0.362. The Morgan fingerprint density at radius 2 is 2.23 bits per heavy atom. The van der Waals surface area contributed by atoms with E-state index in [-0.39, 0.29) is 12.4 Å². The third-order valence-electron chi connectivity index (χ3n) is 2.93. The van der Waals surface area contributed by atoms with Gasteiger partial charge in [-0.05, 0) is 26.8 Å². The van der Waals surface area contributed by atoms with E-state index in [1.807, 2.05) is 13.8 Å². The zero-order valence-electron chi connectivity index (χ0n) is 8.39. The molecule has 0 bridgehead atoms. The monoisotopic (exact) mass is 187 g/mol. The summed E-state index contributed by atoms with van der Waals surface area (Å²) in [5.41, 5.74) is -1.39. The molecule has 0 spiro atoms. The number of methoxy groups -OCH3 is 1. The van der Waals surface area contributed by atoms with Gasteiger partial charge in [0.25, 0.3) is 0 Å². The van der Waals surface area contributed by atoms with E-state index in [2.05, 4.69) is 10.1 Å². The normalized spacial score (nSPS) is 31.7. The molecule has 0 aromatic rings. The fourth-order valence-electron chi connectivity index (χ4n) is 1.68. The van der Waals surface area contributed by atoms with E-state index in [1.165, 1.54) is 7.11 Å². The minimum absolute atomic E-state index is 0.0590. The van der Waals surface area contributed by atoms with Crippen LogP contribution in [0.1, 0.15) is 26.7 Å². The van der Waals surface area contributed by atoms with Gasteiger partial charge in [-0.2, -0.15) is 0 Å². The summed E-state index contributed by atoms with van der Waals surface area (Å²) >= 11 is 0. The van der Waals surface area contributed by atoms with Gasteiger partial charge in [0.2, 0.25) is 0 Å². The van der Waals surface area contributed by atoms with Crippen molar-refractivity contribution < 1.29 is 14.6 Å². The Balaban J connectivity index is 2.70. The lowest BCUT2D eigenvalue weighted by Gasteiger charge is -2.35. The maximum atomic E-state index is 11.1. The van der Waals surface area contributed by atoms with Crippen molar-refractivity contribution in [3.05, 3.63) is 0 Å². The van der Waals surface area contributed by atoms with Crippen molar-refractivity contribution in [3.8, 4) is 0 Å². The van der Waals surface area contributed by atoms with Crippen LogP contribution in [-0.4, -0.2) is 35.9 Å². The highest BCUT2D eigenvalue weighted by molar-refractivity contribution is 5.71. The molecule has 1 aliphatic rings. The molecule has 1 heterocycles. The Hall–Kier alpha value is -0.610. The number of ether oxygens (including phenoxy) is 1. The Morgan fingerprint density at radius 3 is 2.62 bits per heavy atom. The van der Waals surface area contributed by atoms with Crippen LogP contribution < -0.4 is 5.32 Å². The second-order valence-corrected chi connectivity index (χ2v) is 4.09. The Labute approximate surface area is 78.3 Å². The molecule has 0 aromatic heterocycles. The average Bonchev–Trinajstić information content (AvgIpc) is 2.26. The summed E-state index contributed by atoms with van der Waals surface area (Å²) in [7, 11) is 1.33. The van der Waals surface area contributed by atoms with Gasteiger partial charge in [0.15, 0.2) is 0 Å². The van der Waals surface area contributed by atoms with Crippen molar-refractivity contribution in [2.24, 2.45) is 0 Å². The standard InChI is InChI=1S/C9H17NO3/c1-8(2)9(12,4-5-10-8)6-7(11)13-3/h10,12H,4-6H2,1-3H3. The van der Waals surface area contributed by atoms with Crippen LogP contribution in [0.4, 0.5) is 0 Å². The largest absolute Gasteiger partial charge is 0.469 e. The van der Waals surface area contributed by atoms with Crippen molar-refractivity contribution in [2.75, 3.05) is 13.7 Å². The van der Waals surface area contributed by atoms with Crippen LogP contribution in [0.2, 0.25) is 0 Å². The molecule has 0 aromatic carbocycles. The van der Waals surface area contributed by atoms with Gasteiger partial charge in [0, 0.05) is 5.54 Å². The van der Waals surface area contributed by atoms with Gasteiger partial charge in [-0.25, -0.2) is 0 Å². The van der Waals surface area contributed by atoms with Gasteiger partial charge in [0.05, 0.1) is 19.1 Å². The van der Waals surface area contributed by atoms with E-state index in [9.17, 15) is 9.90 Å². The zero-order chi connectivity index (χ0) is 10.1. The third kappa shape index (κ3) is 1.84. The second-order valence-electron chi connectivity index (χ2n) is 4.09.